The molecule has 0 spiro atoms. The molecule has 3 aromatic rings. The number of ether oxygens (including phenoxy) is 1. The van der Waals surface area contributed by atoms with Gasteiger partial charge in [0.2, 0.25) is 5.91 Å². The third-order valence-corrected chi connectivity index (χ3v) is 5.01. The standard InChI is InChI=1S/C24H25ClN2O2/c1-16-12-13-22(29-3)21(14-16)27-24(28)23(18-8-5-4-6-9-18)26-17(2)19-10-7-11-20(25)15-19/h4-15,17,23,26H,1-3H3,(H,27,28)/t17-,23+/m0/s1. The van der Waals surface area contributed by atoms with Gasteiger partial charge in [0.1, 0.15) is 11.8 Å². The second kappa shape index (κ2) is 9.59. The van der Waals surface area contributed by atoms with E-state index < -0.39 is 6.04 Å². The monoisotopic (exact) mass is 408 g/mol. The van der Waals surface area contributed by atoms with Gasteiger partial charge in [0.25, 0.3) is 0 Å². The highest BCUT2D eigenvalue weighted by atomic mass is 35.5. The summed E-state index contributed by atoms with van der Waals surface area (Å²) < 4.78 is 5.40. The molecule has 0 aliphatic rings. The van der Waals surface area contributed by atoms with Gasteiger partial charge in [0, 0.05) is 11.1 Å². The summed E-state index contributed by atoms with van der Waals surface area (Å²) in [6.45, 7) is 3.99. The Morgan fingerprint density at radius 3 is 2.38 bits per heavy atom. The van der Waals surface area contributed by atoms with Crippen molar-refractivity contribution in [3.63, 3.8) is 0 Å². The molecule has 3 aromatic carbocycles. The van der Waals surface area contributed by atoms with Crippen molar-refractivity contribution in [2.24, 2.45) is 0 Å². The molecule has 0 saturated heterocycles. The largest absolute Gasteiger partial charge is 0.495 e. The van der Waals surface area contributed by atoms with E-state index >= 15 is 0 Å². The topological polar surface area (TPSA) is 50.4 Å². The number of halogens is 1. The van der Waals surface area contributed by atoms with E-state index in [0.717, 1.165) is 16.7 Å². The molecule has 5 heteroatoms. The number of carbonyl (C=O) groups excluding carboxylic acids is 1. The van der Waals surface area contributed by atoms with Crippen molar-refractivity contribution in [1.29, 1.82) is 0 Å². The minimum Gasteiger partial charge on any atom is -0.495 e. The van der Waals surface area contributed by atoms with E-state index in [-0.39, 0.29) is 11.9 Å². The average Bonchev–Trinajstić information content (AvgIpc) is 2.72. The third-order valence-electron chi connectivity index (χ3n) is 4.77. The van der Waals surface area contributed by atoms with E-state index in [1.54, 1.807) is 7.11 Å². The van der Waals surface area contributed by atoms with Gasteiger partial charge in [0.15, 0.2) is 0 Å². The molecule has 2 N–H and O–H groups in total. The van der Waals surface area contributed by atoms with Crippen LogP contribution in [0.1, 0.15) is 35.7 Å². The van der Waals surface area contributed by atoms with E-state index in [1.807, 2.05) is 86.6 Å². The Morgan fingerprint density at radius 2 is 1.69 bits per heavy atom. The number of nitrogens with one attached hydrogen (secondary N) is 2. The van der Waals surface area contributed by atoms with Crippen LogP contribution in [-0.4, -0.2) is 13.0 Å². The Labute approximate surface area is 176 Å². The van der Waals surface area contributed by atoms with Gasteiger partial charge in [-0.3, -0.25) is 10.1 Å². The highest BCUT2D eigenvalue weighted by Gasteiger charge is 2.24. The molecular formula is C24H25ClN2O2. The van der Waals surface area contributed by atoms with Crippen LogP contribution in [0.4, 0.5) is 5.69 Å². The minimum absolute atomic E-state index is 0.0796. The fourth-order valence-corrected chi connectivity index (χ4v) is 3.41. The zero-order valence-electron chi connectivity index (χ0n) is 16.8. The number of hydrogen-bond donors (Lipinski definition) is 2. The van der Waals surface area contributed by atoms with Crippen LogP contribution in [-0.2, 0) is 4.79 Å². The van der Waals surface area contributed by atoms with E-state index in [9.17, 15) is 4.79 Å². The average molecular weight is 409 g/mol. The third kappa shape index (κ3) is 5.37. The summed E-state index contributed by atoms with van der Waals surface area (Å²) in [5, 5.41) is 7.12. The normalized spacial score (nSPS) is 12.8. The van der Waals surface area contributed by atoms with Gasteiger partial charge in [0.05, 0.1) is 12.8 Å². The summed E-state index contributed by atoms with van der Waals surface area (Å²) in [5.74, 6) is 0.465. The SMILES string of the molecule is COc1ccc(C)cc1NC(=O)[C@H](N[C@@H](C)c1cccc(Cl)c1)c1ccccc1. The first-order valence-electron chi connectivity index (χ1n) is 9.50. The Kier molecular flexibility index (Phi) is 6.91. The number of benzene rings is 3. The number of aryl methyl sites for hydroxylation is 1. The van der Waals surface area contributed by atoms with Gasteiger partial charge < -0.3 is 10.1 Å². The van der Waals surface area contributed by atoms with Gasteiger partial charge >= 0.3 is 0 Å². The lowest BCUT2D eigenvalue weighted by Gasteiger charge is -2.24. The van der Waals surface area contributed by atoms with Crippen molar-refractivity contribution in [3.8, 4) is 5.75 Å². The number of amides is 1. The van der Waals surface area contributed by atoms with Crippen molar-refractivity contribution in [2.45, 2.75) is 25.9 Å². The van der Waals surface area contributed by atoms with Crippen molar-refractivity contribution in [1.82, 2.24) is 5.32 Å². The van der Waals surface area contributed by atoms with Crippen LogP contribution in [0.3, 0.4) is 0 Å². The van der Waals surface area contributed by atoms with Crippen molar-refractivity contribution in [3.05, 3.63) is 94.5 Å². The molecule has 0 aliphatic carbocycles. The lowest BCUT2D eigenvalue weighted by molar-refractivity contribution is -0.118. The molecule has 0 radical (unpaired) electrons. The first-order chi connectivity index (χ1) is 14.0. The predicted octanol–water partition coefficient (Wildman–Crippen LogP) is 5.69. The molecule has 1 amide bonds. The van der Waals surface area contributed by atoms with E-state index in [2.05, 4.69) is 10.6 Å². The number of rotatable bonds is 7. The lowest BCUT2D eigenvalue weighted by atomic mass is 10.0. The zero-order valence-corrected chi connectivity index (χ0v) is 17.5. The molecule has 0 saturated carbocycles. The molecule has 0 aliphatic heterocycles. The number of carbonyl (C=O) groups is 1. The summed E-state index contributed by atoms with van der Waals surface area (Å²) >= 11 is 6.14. The van der Waals surface area contributed by atoms with E-state index in [4.69, 9.17) is 16.3 Å². The van der Waals surface area contributed by atoms with Crippen LogP contribution in [0.25, 0.3) is 0 Å². The quantitative estimate of drug-likeness (QED) is 0.528. The zero-order chi connectivity index (χ0) is 20.8. The van der Waals surface area contributed by atoms with Gasteiger partial charge in [-0.2, -0.15) is 0 Å². The van der Waals surface area contributed by atoms with Crippen molar-refractivity contribution < 1.29 is 9.53 Å². The smallest absolute Gasteiger partial charge is 0.246 e. The second-order valence-electron chi connectivity index (χ2n) is 6.98. The fourth-order valence-electron chi connectivity index (χ4n) is 3.22. The van der Waals surface area contributed by atoms with Crippen LogP contribution >= 0.6 is 11.6 Å². The number of anilines is 1. The molecular weight excluding hydrogens is 384 g/mol. The molecule has 0 fully saturated rings. The summed E-state index contributed by atoms with van der Waals surface area (Å²) in [6, 6.07) is 22.4. The maximum atomic E-state index is 13.3. The van der Waals surface area contributed by atoms with Gasteiger partial charge in [-0.15, -0.1) is 0 Å². The van der Waals surface area contributed by atoms with Crippen LogP contribution < -0.4 is 15.4 Å². The molecule has 0 bridgehead atoms. The highest BCUT2D eigenvalue weighted by Crippen LogP contribution is 2.28. The molecule has 150 valence electrons. The Hall–Kier alpha value is -2.82. The van der Waals surface area contributed by atoms with Gasteiger partial charge in [-0.05, 0) is 54.8 Å². The lowest BCUT2D eigenvalue weighted by Crippen LogP contribution is -2.34. The number of hydrogen-bond acceptors (Lipinski definition) is 3. The molecule has 29 heavy (non-hydrogen) atoms. The van der Waals surface area contributed by atoms with Gasteiger partial charge in [-0.1, -0.05) is 60.1 Å². The molecule has 3 rings (SSSR count). The van der Waals surface area contributed by atoms with Crippen molar-refractivity contribution >= 4 is 23.2 Å². The maximum Gasteiger partial charge on any atom is 0.246 e. The second-order valence-corrected chi connectivity index (χ2v) is 7.42. The number of methoxy groups -OCH3 is 1. The molecule has 0 heterocycles. The van der Waals surface area contributed by atoms with Crippen LogP contribution in [0.2, 0.25) is 5.02 Å². The predicted molar refractivity (Wildman–Crippen MR) is 119 cm³/mol. The molecule has 2 atom stereocenters. The summed E-state index contributed by atoms with van der Waals surface area (Å²) in [5.41, 5.74) is 3.58. The van der Waals surface area contributed by atoms with Crippen LogP contribution in [0.15, 0.2) is 72.8 Å². The fraction of sp³-hybridized carbons (Fsp3) is 0.208. The Morgan fingerprint density at radius 1 is 0.966 bits per heavy atom. The summed E-state index contributed by atoms with van der Waals surface area (Å²) in [6.07, 6.45) is 0. The molecule has 4 nitrogen and oxygen atoms in total. The highest BCUT2D eigenvalue weighted by molar-refractivity contribution is 6.30. The molecule has 0 unspecified atom stereocenters. The van der Waals surface area contributed by atoms with Crippen LogP contribution in [0, 0.1) is 6.92 Å². The summed E-state index contributed by atoms with van der Waals surface area (Å²) in [4.78, 5) is 13.3. The van der Waals surface area contributed by atoms with E-state index in [0.29, 0.717) is 16.5 Å². The summed E-state index contributed by atoms with van der Waals surface area (Å²) in [7, 11) is 1.59. The Balaban J connectivity index is 1.88. The van der Waals surface area contributed by atoms with Crippen LogP contribution in [0.5, 0.6) is 5.75 Å². The molecule has 0 aromatic heterocycles. The van der Waals surface area contributed by atoms with Crippen molar-refractivity contribution in [2.75, 3.05) is 12.4 Å². The Bertz CT molecular complexity index is 976. The van der Waals surface area contributed by atoms with E-state index in [1.165, 1.54) is 0 Å². The maximum absolute atomic E-state index is 13.3. The van der Waals surface area contributed by atoms with Gasteiger partial charge in [-0.25, -0.2) is 0 Å². The minimum atomic E-state index is -0.546. The first kappa shape index (κ1) is 20.9. The first-order valence-corrected chi connectivity index (χ1v) is 9.87.